The Morgan fingerprint density at radius 2 is 1.53 bits per heavy atom. The van der Waals surface area contributed by atoms with Gasteiger partial charge in [0.1, 0.15) is 17.5 Å². The Morgan fingerprint density at radius 1 is 0.969 bits per heavy atom. The molecule has 1 atom stereocenters. The third-order valence-corrected chi connectivity index (χ3v) is 5.83. The number of benzene rings is 3. The van der Waals surface area contributed by atoms with Gasteiger partial charge in [-0.2, -0.15) is 0 Å². The molecule has 3 N–H and O–H groups in total. The number of nitrogens with zero attached hydrogens (tertiary/aromatic N) is 1. The molecule has 0 bridgehead atoms. The van der Waals surface area contributed by atoms with Gasteiger partial charge in [-0.3, -0.25) is 14.3 Å². The molecule has 0 unspecified atom stereocenters. The minimum Gasteiger partial charge on any atom is -0.457 e. The first-order chi connectivity index (χ1) is 15.3. The maximum atomic E-state index is 12.5. The lowest BCUT2D eigenvalue weighted by Crippen LogP contribution is -2.48. The number of hydrogen-bond acceptors (Lipinski definition) is 6. The molecule has 32 heavy (non-hydrogen) atoms. The minimum atomic E-state index is -3.73. The molecule has 0 spiro atoms. The van der Waals surface area contributed by atoms with E-state index in [1.165, 1.54) is 0 Å². The maximum absolute atomic E-state index is 12.5. The number of nitrogens with one attached hydrogen (secondary N) is 2. The number of hydroxylamine groups is 1. The molecule has 3 aromatic carbocycles. The van der Waals surface area contributed by atoms with Crippen molar-refractivity contribution in [2.75, 3.05) is 22.4 Å². The molecule has 0 heterocycles. The van der Waals surface area contributed by atoms with Crippen molar-refractivity contribution >= 4 is 27.3 Å². The third kappa shape index (κ3) is 6.22. The monoisotopic (exact) mass is 455 g/mol. The van der Waals surface area contributed by atoms with Gasteiger partial charge < -0.3 is 10.1 Å². The lowest BCUT2D eigenvalue weighted by Gasteiger charge is -2.27. The zero-order chi connectivity index (χ0) is 23.1. The van der Waals surface area contributed by atoms with E-state index in [-0.39, 0.29) is 6.54 Å². The van der Waals surface area contributed by atoms with Gasteiger partial charge in [0.15, 0.2) is 0 Å². The number of carbonyl (C=O) groups is 1. The molecule has 3 rings (SSSR count). The number of anilines is 2. The highest BCUT2D eigenvalue weighted by Crippen LogP contribution is 2.26. The van der Waals surface area contributed by atoms with Crippen LogP contribution in [0.25, 0.3) is 0 Å². The average molecular weight is 456 g/mol. The Bertz CT molecular complexity index is 1130. The molecule has 0 aliphatic rings. The predicted molar refractivity (Wildman–Crippen MR) is 124 cm³/mol. The molecule has 0 aliphatic heterocycles. The van der Waals surface area contributed by atoms with E-state index >= 15 is 0 Å². The summed E-state index contributed by atoms with van der Waals surface area (Å²) in [5, 5.41) is 12.1. The van der Waals surface area contributed by atoms with Crippen LogP contribution in [0.1, 0.15) is 5.56 Å². The van der Waals surface area contributed by atoms with Crippen LogP contribution in [-0.4, -0.2) is 38.4 Å². The zero-order valence-electron chi connectivity index (χ0n) is 17.7. The van der Waals surface area contributed by atoms with Crippen molar-refractivity contribution < 1.29 is 23.2 Å². The molecule has 0 aromatic heterocycles. The lowest BCUT2D eigenvalue weighted by molar-refractivity contribution is -0.129. The van der Waals surface area contributed by atoms with Crippen molar-refractivity contribution in [1.29, 1.82) is 0 Å². The highest BCUT2D eigenvalue weighted by molar-refractivity contribution is 7.92. The first kappa shape index (κ1) is 23.1. The van der Waals surface area contributed by atoms with Crippen LogP contribution >= 0.6 is 0 Å². The fourth-order valence-corrected chi connectivity index (χ4v) is 3.95. The van der Waals surface area contributed by atoms with Gasteiger partial charge in [0.25, 0.3) is 5.91 Å². The Hall–Kier alpha value is -3.56. The molecule has 9 heteroatoms. The fraction of sp³-hybridized carbons (Fsp3) is 0.174. The lowest BCUT2D eigenvalue weighted by atomic mass is 10.2. The zero-order valence-corrected chi connectivity index (χ0v) is 18.5. The van der Waals surface area contributed by atoms with Crippen LogP contribution in [0, 0.1) is 6.92 Å². The number of carbonyl (C=O) groups excluding carboxylic acids is 1. The summed E-state index contributed by atoms with van der Waals surface area (Å²) in [6.45, 7) is 1.74. The summed E-state index contributed by atoms with van der Waals surface area (Å²) >= 11 is 0. The number of para-hydroxylation sites is 1. The molecule has 168 valence electrons. The number of hydrogen-bond donors (Lipinski definition) is 3. The molecule has 1 amide bonds. The quantitative estimate of drug-likeness (QED) is 0.336. The van der Waals surface area contributed by atoms with Gasteiger partial charge in [-0.25, -0.2) is 13.9 Å². The van der Waals surface area contributed by atoms with Gasteiger partial charge in [-0.05, 0) is 55.5 Å². The highest BCUT2D eigenvalue weighted by atomic mass is 32.2. The fourth-order valence-electron chi connectivity index (χ4n) is 3.03. The van der Waals surface area contributed by atoms with Gasteiger partial charge >= 0.3 is 0 Å². The molecule has 0 saturated heterocycles. The summed E-state index contributed by atoms with van der Waals surface area (Å²) in [6, 6.07) is 21.9. The van der Waals surface area contributed by atoms with Crippen molar-refractivity contribution in [2.45, 2.75) is 13.0 Å². The molecule has 0 fully saturated rings. The highest BCUT2D eigenvalue weighted by Gasteiger charge is 2.27. The van der Waals surface area contributed by atoms with Gasteiger partial charge in [0, 0.05) is 5.69 Å². The summed E-state index contributed by atoms with van der Waals surface area (Å²) in [7, 11) is -3.73. The largest absolute Gasteiger partial charge is 0.457 e. The standard InChI is InChI=1S/C23H25N3O5S/c1-17-8-12-20(13-9-17)31-21-14-10-19(11-15-21)26(32(2,29)30)16-22(23(27)25-28)24-18-6-4-3-5-7-18/h3-15,22,24,28H,16H2,1-2H3,(H,25,27)/t22-/m0/s1. The van der Waals surface area contributed by atoms with Crippen LogP contribution in [0.5, 0.6) is 11.5 Å². The van der Waals surface area contributed by atoms with Crippen molar-refractivity contribution in [2.24, 2.45) is 0 Å². The van der Waals surface area contributed by atoms with Crippen LogP contribution < -0.4 is 19.8 Å². The average Bonchev–Trinajstić information content (AvgIpc) is 2.78. The molecular weight excluding hydrogens is 430 g/mol. The van der Waals surface area contributed by atoms with Crippen LogP contribution in [0.2, 0.25) is 0 Å². The Morgan fingerprint density at radius 3 is 2.06 bits per heavy atom. The van der Waals surface area contributed by atoms with Gasteiger partial charge in [-0.1, -0.05) is 35.9 Å². The second-order valence-corrected chi connectivity index (χ2v) is 9.15. The van der Waals surface area contributed by atoms with Gasteiger partial charge in [0.05, 0.1) is 18.5 Å². The number of rotatable bonds is 9. The number of amides is 1. The van der Waals surface area contributed by atoms with E-state index in [2.05, 4.69) is 5.32 Å². The molecular formula is C23H25N3O5S. The summed E-state index contributed by atoms with van der Waals surface area (Å²) in [6.07, 6.45) is 1.06. The number of sulfonamides is 1. The third-order valence-electron chi connectivity index (χ3n) is 4.67. The summed E-state index contributed by atoms with van der Waals surface area (Å²) in [4.78, 5) is 12.2. The smallest absolute Gasteiger partial charge is 0.267 e. The maximum Gasteiger partial charge on any atom is 0.267 e. The summed E-state index contributed by atoms with van der Waals surface area (Å²) < 4.78 is 31.9. The molecule has 0 aliphatic carbocycles. The Labute approximate surface area is 187 Å². The number of aryl methyl sites for hydroxylation is 1. The minimum absolute atomic E-state index is 0.238. The van der Waals surface area contributed by atoms with E-state index in [0.717, 1.165) is 16.1 Å². The summed E-state index contributed by atoms with van der Waals surface area (Å²) in [5.41, 5.74) is 3.67. The van der Waals surface area contributed by atoms with E-state index in [1.54, 1.807) is 54.0 Å². The molecule has 8 nitrogen and oxygen atoms in total. The predicted octanol–water partition coefficient (Wildman–Crippen LogP) is 3.54. The Balaban J connectivity index is 1.81. The molecule has 3 aromatic rings. The summed E-state index contributed by atoms with van der Waals surface area (Å²) in [5.74, 6) is 0.440. The Kier molecular flexibility index (Phi) is 7.34. The second kappa shape index (κ2) is 10.2. The van der Waals surface area contributed by atoms with E-state index in [1.807, 2.05) is 37.3 Å². The SMILES string of the molecule is Cc1ccc(Oc2ccc(N(C[C@H](Nc3ccccc3)C(=O)NO)S(C)(=O)=O)cc2)cc1. The van der Waals surface area contributed by atoms with Crippen molar-refractivity contribution in [3.8, 4) is 11.5 Å². The van der Waals surface area contributed by atoms with Crippen molar-refractivity contribution in [1.82, 2.24) is 5.48 Å². The first-order valence-corrected chi connectivity index (χ1v) is 11.7. The van der Waals surface area contributed by atoms with Crippen molar-refractivity contribution in [3.05, 3.63) is 84.4 Å². The van der Waals surface area contributed by atoms with Crippen LogP contribution in [0.15, 0.2) is 78.9 Å². The van der Waals surface area contributed by atoms with E-state index in [0.29, 0.717) is 22.9 Å². The van der Waals surface area contributed by atoms with E-state index < -0.39 is 22.0 Å². The van der Waals surface area contributed by atoms with E-state index in [4.69, 9.17) is 9.94 Å². The van der Waals surface area contributed by atoms with Crippen LogP contribution in [0.3, 0.4) is 0 Å². The topological polar surface area (TPSA) is 108 Å². The van der Waals surface area contributed by atoms with Gasteiger partial charge in [0.2, 0.25) is 10.0 Å². The van der Waals surface area contributed by atoms with Gasteiger partial charge in [-0.15, -0.1) is 0 Å². The first-order valence-electron chi connectivity index (χ1n) is 9.84. The second-order valence-electron chi connectivity index (χ2n) is 7.24. The molecule has 0 radical (unpaired) electrons. The normalized spacial score (nSPS) is 12.0. The number of ether oxygens (including phenoxy) is 1. The van der Waals surface area contributed by atoms with Crippen LogP contribution in [-0.2, 0) is 14.8 Å². The molecule has 0 saturated carbocycles. The van der Waals surface area contributed by atoms with Crippen LogP contribution in [0.4, 0.5) is 11.4 Å². The van der Waals surface area contributed by atoms with Crippen molar-refractivity contribution in [3.63, 3.8) is 0 Å². The van der Waals surface area contributed by atoms with E-state index in [9.17, 15) is 13.2 Å².